The van der Waals surface area contributed by atoms with Gasteiger partial charge in [0.1, 0.15) is 0 Å². The molecule has 3 N–H and O–H groups in total. The molecule has 14 heavy (non-hydrogen) atoms. The van der Waals surface area contributed by atoms with Crippen molar-refractivity contribution in [3.8, 4) is 11.4 Å². The molecule has 0 aliphatic carbocycles. The van der Waals surface area contributed by atoms with E-state index in [0.29, 0.717) is 16.2 Å². The van der Waals surface area contributed by atoms with E-state index in [0.717, 1.165) is 5.56 Å². The van der Waals surface area contributed by atoms with Crippen LogP contribution in [0, 0.1) is 0 Å². The Hall–Kier alpha value is -1.40. The van der Waals surface area contributed by atoms with Crippen molar-refractivity contribution < 1.29 is 5.21 Å². The molecular weight excluding hydrogens is 248 g/mol. The summed E-state index contributed by atoms with van der Waals surface area (Å²) in [7, 11) is 0. The fraction of sp³-hybridized carbons (Fsp3) is 0. The Kier molecular flexibility index (Phi) is 2.47. The minimum atomic E-state index is 0.522. The summed E-state index contributed by atoms with van der Waals surface area (Å²) in [6.07, 6.45) is 0. The third kappa shape index (κ3) is 1.61. The quantitative estimate of drug-likeness (QED) is 0.718. The summed E-state index contributed by atoms with van der Waals surface area (Å²) in [5.74, 6) is 0.522. The fourth-order valence-electron chi connectivity index (χ4n) is 1.14. The van der Waals surface area contributed by atoms with Crippen LogP contribution in [0.1, 0.15) is 0 Å². The number of nitrogens with one attached hydrogen (secondary N) is 2. The molecule has 0 spiro atoms. The zero-order valence-corrected chi connectivity index (χ0v) is 8.62. The molecule has 0 bridgehead atoms. The number of nitrogens with zero attached hydrogens (tertiary/aromatic N) is 2. The highest BCUT2D eigenvalue weighted by Gasteiger charge is 2.08. The monoisotopic (exact) mass is 254 g/mol. The van der Waals surface area contributed by atoms with E-state index in [1.807, 2.05) is 18.2 Å². The molecule has 0 unspecified atom stereocenters. The van der Waals surface area contributed by atoms with Gasteiger partial charge in [0, 0.05) is 5.56 Å². The maximum absolute atomic E-state index is 8.86. The van der Waals surface area contributed by atoms with Gasteiger partial charge in [-0.25, -0.2) is 4.98 Å². The van der Waals surface area contributed by atoms with Crippen molar-refractivity contribution in [2.24, 2.45) is 0 Å². The Morgan fingerprint density at radius 1 is 1.36 bits per heavy atom. The van der Waals surface area contributed by atoms with Crippen LogP contribution in [0.4, 0.5) is 5.69 Å². The van der Waals surface area contributed by atoms with E-state index < -0.39 is 0 Å². The van der Waals surface area contributed by atoms with Gasteiger partial charge in [-0.3, -0.25) is 15.8 Å². The second-order valence-corrected chi connectivity index (χ2v) is 3.36. The molecule has 6 heteroatoms. The first-order valence-corrected chi connectivity index (χ1v) is 4.68. The third-order valence-corrected chi connectivity index (χ3v) is 2.10. The van der Waals surface area contributed by atoms with Gasteiger partial charge in [-0.15, -0.1) is 0 Å². The predicted octanol–water partition coefficient (Wildman–Crippen LogP) is 2.04. The van der Waals surface area contributed by atoms with Crippen molar-refractivity contribution in [3.63, 3.8) is 0 Å². The van der Waals surface area contributed by atoms with Gasteiger partial charge in [0.2, 0.25) is 0 Å². The SMILES string of the molecule is ONc1ccccc1-c1n[nH]c(Br)n1. The molecule has 1 aromatic heterocycles. The Balaban J connectivity index is 2.50. The average Bonchev–Trinajstić information content (AvgIpc) is 2.65. The minimum Gasteiger partial charge on any atom is -0.291 e. The summed E-state index contributed by atoms with van der Waals surface area (Å²) in [5, 5.41) is 15.5. The van der Waals surface area contributed by atoms with Crippen molar-refractivity contribution in [1.29, 1.82) is 0 Å². The molecule has 0 fully saturated rings. The third-order valence-electron chi connectivity index (χ3n) is 1.75. The summed E-state index contributed by atoms with van der Waals surface area (Å²) in [5.41, 5.74) is 3.40. The van der Waals surface area contributed by atoms with Gasteiger partial charge in [-0.2, -0.15) is 5.10 Å². The van der Waals surface area contributed by atoms with Crippen molar-refractivity contribution in [2.75, 3.05) is 5.48 Å². The normalized spacial score (nSPS) is 10.1. The number of aromatic nitrogens is 3. The second kappa shape index (κ2) is 3.77. The number of halogens is 1. The first-order valence-electron chi connectivity index (χ1n) is 3.88. The molecule has 5 nitrogen and oxygen atoms in total. The number of H-pyrrole nitrogens is 1. The standard InChI is InChI=1S/C8H7BrN4O/c9-8-10-7(11-12-8)5-3-1-2-4-6(5)13-14/h1-4,13-14H,(H,10,11,12). The van der Waals surface area contributed by atoms with E-state index in [4.69, 9.17) is 5.21 Å². The summed E-state index contributed by atoms with van der Waals surface area (Å²) < 4.78 is 0.556. The summed E-state index contributed by atoms with van der Waals surface area (Å²) in [4.78, 5) is 4.09. The van der Waals surface area contributed by atoms with Crippen LogP contribution in [0.3, 0.4) is 0 Å². The van der Waals surface area contributed by atoms with E-state index in [9.17, 15) is 0 Å². The summed E-state index contributed by atoms with van der Waals surface area (Å²) >= 11 is 3.16. The van der Waals surface area contributed by atoms with E-state index in [1.54, 1.807) is 6.07 Å². The van der Waals surface area contributed by atoms with Crippen molar-refractivity contribution in [2.45, 2.75) is 0 Å². The zero-order chi connectivity index (χ0) is 9.97. The molecule has 2 aromatic rings. The van der Waals surface area contributed by atoms with Crippen LogP contribution in [-0.4, -0.2) is 20.4 Å². The maximum atomic E-state index is 8.86. The lowest BCUT2D eigenvalue weighted by Gasteiger charge is -2.02. The molecule has 72 valence electrons. The Morgan fingerprint density at radius 2 is 2.14 bits per heavy atom. The number of aromatic amines is 1. The highest BCUT2D eigenvalue weighted by molar-refractivity contribution is 9.10. The van der Waals surface area contributed by atoms with Crippen LogP contribution in [0.2, 0.25) is 0 Å². The number of hydrogen-bond acceptors (Lipinski definition) is 4. The van der Waals surface area contributed by atoms with Gasteiger partial charge >= 0.3 is 0 Å². The topological polar surface area (TPSA) is 73.8 Å². The summed E-state index contributed by atoms with van der Waals surface area (Å²) in [6, 6.07) is 7.21. The highest BCUT2D eigenvalue weighted by Crippen LogP contribution is 2.24. The van der Waals surface area contributed by atoms with E-state index in [1.165, 1.54) is 0 Å². The molecule has 0 amide bonds. The number of hydrogen-bond donors (Lipinski definition) is 3. The first kappa shape index (κ1) is 9.17. The number of anilines is 1. The van der Waals surface area contributed by atoms with E-state index >= 15 is 0 Å². The van der Waals surface area contributed by atoms with Crippen LogP contribution in [0.15, 0.2) is 29.0 Å². The molecule has 2 rings (SSSR count). The van der Waals surface area contributed by atoms with Gasteiger partial charge < -0.3 is 0 Å². The van der Waals surface area contributed by atoms with E-state index in [-0.39, 0.29) is 0 Å². The maximum Gasteiger partial charge on any atom is 0.193 e. The molecule has 0 radical (unpaired) electrons. The fourth-order valence-corrected chi connectivity index (χ4v) is 1.39. The molecule has 0 saturated heterocycles. The Morgan fingerprint density at radius 3 is 2.79 bits per heavy atom. The highest BCUT2D eigenvalue weighted by atomic mass is 79.9. The lowest BCUT2D eigenvalue weighted by Crippen LogP contribution is -1.93. The molecule has 0 aliphatic rings. The lowest BCUT2D eigenvalue weighted by atomic mass is 10.2. The largest absolute Gasteiger partial charge is 0.291 e. The smallest absolute Gasteiger partial charge is 0.193 e. The van der Waals surface area contributed by atoms with Crippen LogP contribution in [0.5, 0.6) is 0 Å². The van der Waals surface area contributed by atoms with Gasteiger partial charge in [-0.05, 0) is 28.1 Å². The first-order chi connectivity index (χ1) is 6.81. The Labute approximate surface area is 88.3 Å². The second-order valence-electron chi connectivity index (χ2n) is 2.61. The van der Waals surface area contributed by atoms with Gasteiger partial charge in [0.05, 0.1) is 5.69 Å². The van der Waals surface area contributed by atoms with Crippen LogP contribution in [0.25, 0.3) is 11.4 Å². The Bertz CT molecular complexity index is 442. The van der Waals surface area contributed by atoms with Crippen LogP contribution in [-0.2, 0) is 0 Å². The average molecular weight is 255 g/mol. The summed E-state index contributed by atoms with van der Waals surface area (Å²) in [6.45, 7) is 0. The molecule has 0 aliphatic heterocycles. The molecule has 0 saturated carbocycles. The van der Waals surface area contributed by atoms with Crippen LogP contribution < -0.4 is 5.48 Å². The minimum absolute atomic E-state index is 0.522. The van der Waals surface area contributed by atoms with Crippen molar-refractivity contribution in [3.05, 3.63) is 29.0 Å². The number of benzene rings is 1. The lowest BCUT2D eigenvalue weighted by molar-refractivity contribution is 0.389. The van der Waals surface area contributed by atoms with Crippen molar-refractivity contribution in [1.82, 2.24) is 15.2 Å². The molecule has 0 atom stereocenters. The van der Waals surface area contributed by atoms with Gasteiger partial charge in [0.25, 0.3) is 0 Å². The number of para-hydroxylation sites is 1. The van der Waals surface area contributed by atoms with Gasteiger partial charge in [0.15, 0.2) is 10.6 Å². The zero-order valence-electron chi connectivity index (χ0n) is 7.03. The molecule has 1 aromatic carbocycles. The van der Waals surface area contributed by atoms with Crippen LogP contribution >= 0.6 is 15.9 Å². The van der Waals surface area contributed by atoms with Gasteiger partial charge in [-0.1, -0.05) is 12.1 Å². The molecular formula is C8H7BrN4O. The van der Waals surface area contributed by atoms with E-state index in [2.05, 4.69) is 36.6 Å². The predicted molar refractivity (Wildman–Crippen MR) is 54.9 cm³/mol. The van der Waals surface area contributed by atoms with Crippen molar-refractivity contribution >= 4 is 21.6 Å². The number of rotatable bonds is 2. The molecule has 1 heterocycles.